The van der Waals surface area contributed by atoms with Crippen LogP contribution in [0.1, 0.15) is 11.5 Å². The first-order valence-corrected chi connectivity index (χ1v) is 6.86. The number of para-hydroxylation sites is 1. The lowest BCUT2D eigenvalue weighted by molar-refractivity contribution is 0.408. The van der Waals surface area contributed by atoms with Crippen LogP contribution < -0.4 is 4.74 Å². The van der Waals surface area contributed by atoms with Gasteiger partial charge in [0.15, 0.2) is 0 Å². The van der Waals surface area contributed by atoms with E-state index >= 15 is 0 Å². The van der Waals surface area contributed by atoms with Gasteiger partial charge in [-0.15, -0.1) is 10.2 Å². The highest BCUT2D eigenvalue weighted by molar-refractivity contribution is 5.51. The average Bonchev–Trinajstić information content (AvgIpc) is 3.03. The van der Waals surface area contributed by atoms with E-state index in [2.05, 4.69) is 10.2 Å². The molecule has 0 N–H and O–H groups in total. The SMILES string of the molecule is COc1ccccc1CCc1nnc(-c2ccccc2)o1. The summed E-state index contributed by atoms with van der Waals surface area (Å²) in [6.07, 6.45) is 1.50. The van der Waals surface area contributed by atoms with Crippen molar-refractivity contribution >= 4 is 0 Å². The van der Waals surface area contributed by atoms with Crippen LogP contribution in [0.5, 0.6) is 5.75 Å². The van der Waals surface area contributed by atoms with Crippen LogP contribution in [0.3, 0.4) is 0 Å². The number of rotatable bonds is 5. The van der Waals surface area contributed by atoms with Gasteiger partial charge in [-0.05, 0) is 30.2 Å². The Labute approximate surface area is 123 Å². The highest BCUT2D eigenvalue weighted by Crippen LogP contribution is 2.21. The molecule has 0 aliphatic rings. The lowest BCUT2D eigenvalue weighted by atomic mass is 10.1. The van der Waals surface area contributed by atoms with E-state index in [0.717, 1.165) is 23.3 Å². The van der Waals surface area contributed by atoms with Gasteiger partial charge in [-0.3, -0.25) is 0 Å². The minimum absolute atomic E-state index is 0.561. The second kappa shape index (κ2) is 6.22. The van der Waals surface area contributed by atoms with E-state index in [9.17, 15) is 0 Å². The molecule has 0 saturated heterocycles. The zero-order chi connectivity index (χ0) is 14.5. The monoisotopic (exact) mass is 280 g/mol. The van der Waals surface area contributed by atoms with Crippen molar-refractivity contribution in [1.29, 1.82) is 0 Å². The van der Waals surface area contributed by atoms with Crippen molar-refractivity contribution in [2.24, 2.45) is 0 Å². The van der Waals surface area contributed by atoms with Gasteiger partial charge in [-0.25, -0.2) is 0 Å². The predicted molar refractivity (Wildman–Crippen MR) is 80.1 cm³/mol. The number of hydrogen-bond acceptors (Lipinski definition) is 4. The van der Waals surface area contributed by atoms with Crippen LogP contribution >= 0.6 is 0 Å². The quantitative estimate of drug-likeness (QED) is 0.717. The maximum Gasteiger partial charge on any atom is 0.247 e. The molecule has 0 radical (unpaired) electrons. The fourth-order valence-electron chi connectivity index (χ4n) is 2.20. The minimum atomic E-state index is 0.561. The number of ether oxygens (including phenoxy) is 1. The topological polar surface area (TPSA) is 48.2 Å². The first-order valence-electron chi connectivity index (χ1n) is 6.86. The number of aromatic nitrogens is 2. The zero-order valence-electron chi connectivity index (χ0n) is 11.8. The molecule has 0 fully saturated rings. The van der Waals surface area contributed by atoms with Gasteiger partial charge >= 0.3 is 0 Å². The summed E-state index contributed by atoms with van der Waals surface area (Å²) in [5, 5.41) is 8.20. The molecule has 0 amide bonds. The molecule has 2 aromatic carbocycles. The minimum Gasteiger partial charge on any atom is -0.496 e. The van der Waals surface area contributed by atoms with Crippen LogP contribution in [0, 0.1) is 0 Å². The molecule has 0 aliphatic carbocycles. The van der Waals surface area contributed by atoms with E-state index < -0.39 is 0 Å². The summed E-state index contributed by atoms with van der Waals surface area (Å²) >= 11 is 0. The Kier molecular flexibility index (Phi) is 3.96. The molecule has 0 saturated carbocycles. The molecule has 0 aliphatic heterocycles. The molecule has 0 spiro atoms. The molecule has 0 unspecified atom stereocenters. The Balaban J connectivity index is 1.71. The van der Waals surface area contributed by atoms with E-state index in [1.807, 2.05) is 54.6 Å². The summed E-state index contributed by atoms with van der Waals surface area (Å²) < 4.78 is 11.0. The standard InChI is InChI=1S/C17H16N2O2/c1-20-15-10-6-5-7-13(15)11-12-16-18-19-17(21-16)14-8-3-2-4-9-14/h2-10H,11-12H2,1H3. The van der Waals surface area contributed by atoms with Crippen LogP contribution in [-0.2, 0) is 12.8 Å². The molecule has 4 nitrogen and oxygen atoms in total. The summed E-state index contributed by atoms with van der Waals surface area (Å²) in [4.78, 5) is 0. The summed E-state index contributed by atoms with van der Waals surface area (Å²) in [5.74, 6) is 2.09. The summed E-state index contributed by atoms with van der Waals surface area (Å²) in [5.41, 5.74) is 2.08. The molecular weight excluding hydrogens is 264 g/mol. The maximum absolute atomic E-state index is 5.70. The summed E-state index contributed by atoms with van der Waals surface area (Å²) in [6.45, 7) is 0. The third kappa shape index (κ3) is 3.11. The molecule has 0 atom stereocenters. The molecular formula is C17H16N2O2. The molecule has 3 aromatic rings. The van der Waals surface area contributed by atoms with Gasteiger partial charge in [-0.2, -0.15) is 0 Å². The van der Waals surface area contributed by atoms with Gasteiger partial charge in [0.2, 0.25) is 11.8 Å². The van der Waals surface area contributed by atoms with E-state index in [-0.39, 0.29) is 0 Å². The lowest BCUT2D eigenvalue weighted by Crippen LogP contribution is -1.95. The van der Waals surface area contributed by atoms with Crippen LogP contribution in [0.15, 0.2) is 59.0 Å². The summed E-state index contributed by atoms with van der Waals surface area (Å²) in [7, 11) is 1.68. The number of nitrogens with zero attached hydrogens (tertiary/aromatic N) is 2. The third-order valence-corrected chi connectivity index (χ3v) is 3.29. The maximum atomic E-state index is 5.70. The predicted octanol–water partition coefficient (Wildman–Crippen LogP) is 3.53. The van der Waals surface area contributed by atoms with Crippen molar-refractivity contribution in [3.05, 3.63) is 66.1 Å². The molecule has 3 rings (SSSR count). The number of methoxy groups -OCH3 is 1. The van der Waals surface area contributed by atoms with E-state index in [0.29, 0.717) is 18.2 Å². The zero-order valence-corrected chi connectivity index (χ0v) is 11.8. The van der Waals surface area contributed by atoms with Gasteiger partial charge in [-0.1, -0.05) is 36.4 Å². The lowest BCUT2D eigenvalue weighted by Gasteiger charge is -2.06. The Bertz CT molecular complexity index is 708. The van der Waals surface area contributed by atoms with Gasteiger partial charge < -0.3 is 9.15 Å². The average molecular weight is 280 g/mol. The van der Waals surface area contributed by atoms with Gasteiger partial charge in [0.1, 0.15) is 5.75 Å². The van der Waals surface area contributed by atoms with Crippen molar-refractivity contribution in [3.63, 3.8) is 0 Å². The van der Waals surface area contributed by atoms with E-state index in [1.165, 1.54) is 0 Å². The van der Waals surface area contributed by atoms with Crippen LogP contribution in [-0.4, -0.2) is 17.3 Å². The van der Waals surface area contributed by atoms with Crippen LogP contribution in [0.2, 0.25) is 0 Å². The second-order valence-corrected chi connectivity index (χ2v) is 4.68. The van der Waals surface area contributed by atoms with Crippen LogP contribution in [0.25, 0.3) is 11.5 Å². The largest absolute Gasteiger partial charge is 0.496 e. The van der Waals surface area contributed by atoms with Gasteiger partial charge in [0.25, 0.3) is 0 Å². The first-order chi connectivity index (χ1) is 10.4. The molecule has 4 heteroatoms. The van der Waals surface area contributed by atoms with E-state index in [4.69, 9.17) is 9.15 Å². The Hall–Kier alpha value is -2.62. The Morgan fingerprint density at radius 1 is 0.905 bits per heavy atom. The second-order valence-electron chi connectivity index (χ2n) is 4.68. The molecule has 1 aromatic heterocycles. The van der Waals surface area contributed by atoms with Gasteiger partial charge in [0, 0.05) is 12.0 Å². The molecule has 106 valence electrons. The third-order valence-electron chi connectivity index (χ3n) is 3.29. The van der Waals surface area contributed by atoms with Crippen molar-refractivity contribution < 1.29 is 9.15 Å². The number of benzene rings is 2. The molecule has 21 heavy (non-hydrogen) atoms. The summed E-state index contributed by atoms with van der Waals surface area (Å²) in [6, 6.07) is 17.7. The first kappa shape index (κ1) is 13.4. The highest BCUT2D eigenvalue weighted by atomic mass is 16.5. The van der Waals surface area contributed by atoms with Crippen LogP contribution in [0.4, 0.5) is 0 Å². The fourth-order valence-corrected chi connectivity index (χ4v) is 2.20. The van der Waals surface area contributed by atoms with Crippen molar-refractivity contribution in [2.45, 2.75) is 12.8 Å². The van der Waals surface area contributed by atoms with E-state index in [1.54, 1.807) is 7.11 Å². The van der Waals surface area contributed by atoms with Crippen molar-refractivity contribution in [1.82, 2.24) is 10.2 Å². The van der Waals surface area contributed by atoms with Crippen molar-refractivity contribution in [3.8, 4) is 17.2 Å². The highest BCUT2D eigenvalue weighted by Gasteiger charge is 2.09. The van der Waals surface area contributed by atoms with Crippen molar-refractivity contribution in [2.75, 3.05) is 7.11 Å². The number of aryl methyl sites for hydroxylation is 2. The molecule has 0 bridgehead atoms. The molecule has 1 heterocycles. The number of hydrogen-bond donors (Lipinski definition) is 0. The Morgan fingerprint density at radius 2 is 1.67 bits per heavy atom. The Morgan fingerprint density at radius 3 is 2.48 bits per heavy atom. The fraction of sp³-hybridized carbons (Fsp3) is 0.176. The normalized spacial score (nSPS) is 10.5. The smallest absolute Gasteiger partial charge is 0.247 e. The van der Waals surface area contributed by atoms with Gasteiger partial charge in [0.05, 0.1) is 7.11 Å².